The van der Waals surface area contributed by atoms with E-state index in [1.54, 1.807) is 24.3 Å². The van der Waals surface area contributed by atoms with E-state index in [4.69, 9.17) is 16.3 Å². The Bertz CT molecular complexity index is 428. The number of benzene rings is 1. The number of hydrogen-bond acceptors (Lipinski definition) is 3. The first-order valence-electron chi connectivity index (χ1n) is 4.95. The molecule has 0 aliphatic heterocycles. The maximum absolute atomic E-state index is 11.7. The van der Waals surface area contributed by atoms with Crippen molar-refractivity contribution in [2.45, 2.75) is 18.3 Å². The van der Waals surface area contributed by atoms with Crippen molar-refractivity contribution in [1.29, 1.82) is 0 Å². The fourth-order valence-corrected chi connectivity index (χ4v) is 2.18. The summed E-state index contributed by atoms with van der Waals surface area (Å²) >= 11 is 5.78. The maximum atomic E-state index is 11.7. The van der Waals surface area contributed by atoms with Crippen LogP contribution in [-0.2, 0) is 19.7 Å². The van der Waals surface area contributed by atoms with Crippen LogP contribution in [0, 0.1) is 0 Å². The zero-order valence-electron chi connectivity index (χ0n) is 8.83. The Hall–Kier alpha value is -1.35. The Labute approximate surface area is 98.4 Å². The van der Waals surface area contributed by atoms with Crippen molar-refractivity contribution >= 4 is 23.4 Å². The molecule has 1 aliphatic rings. The highest BCUT2D eigenvalue weighted by Gasteiger charge is 2.52. The Kier molecular flexibility index (Phi) is 2.72. The van der Waals surface area contributed by atoms with Crippen LogP contribution < -0.4 is 0 Å². The number of ketones is 1. The van der Waals surface area contributed by atoms with Gasteiger partial charge in [-0.25, -0.2) is 0 Å². The molecule has 0 heterocycles. The summed E-state index contributed by atoms with van der Waals surface area (Å²) in [6, 6.07) is 6.96. The minimum atomic E-state index is -0.781. The van der Waals surface area contributed by atoms with Gasteiger partial charge in [-0.1, -0.05) is 23.7 Å². The molecule has 1 aromatic carbocycles. The van der Waals surface area contributed by atoms with E-state index in [2.05, 4.69) is 0 Å². The first kappa shape index (κ1) is 11.1. The number of Topliss-reactive ketones (excluding diaryl/α,β-unsaturated/α-hetero) is 1. The Balaban J connectivity index is 2.37. The molecule has 84 valence electrons. The quantitative estimate of drug-likeness (QED) is 0.742. The first-order chi connectivity index (χ1) is 7.58. The minimum absolute atomic E-state index is 0.0837. The lowest BCUT2D eigenvalue weighted by Crippen LogP contribution is -2.48. The van der Waals surface area contributed by atoms with Gasteiger partial charge in [0, 0.05) is 17.9 Å². The summed E-state index contributed by atoms with van der Waals surface area (Å²) in [6.07, 6.45) is 0.447. The number of hydrogen-bond donors (Lipinski definition) is 0. The van der Waals surface area contributed by atoms with Gasteiger partial charge in [-0.3, -0.25) is 9.59 Å². The molecule has 0 atom stereocenters. The fraction of sp³-hybridized carbons (Fsp3) is 0.333. The van der Waals surface area contributed by atoms with Gasteiger partial charge in [-0.15, -0.1) is 0 Å². The zero-order valence-corrected chi connectivity index (χ0v) is 9.58. The highest BCUT2D eigenvalue weighted by molar-refractivity contribution is 6.30. The molecule has 0 bridgehead atoms. The predicted molar refractivity (Wildman–Crippen MR) is 59.4 cm³/mol. The fourth-order valence-electron chi connectivity index (χ4n) is 2.05. The van der Waals surface area contributed by atoms with Crippen molar-refractivity contribution in [3.8, 4) is 0 Å². The van der Waals surface area contributed by atoms with Crippen molar-refractivity contribution in [1.82, 2.24) is 0 Å². The Morgan fingerprint density at radius 3 is 2.31 bits per heavy atom. The highest BCUT2D eigenvalue weighted by atomic mass is 35.5. The van der Waals surface area contributed by atoms with Gasteiger partial charge in [0.1, 0.15) is 11.2 Å². The normalized spacial score (nSPS) is 17.8. The zero-order chi connectivity index (χ0) is 11.8. The van der Waals surface area contributed by atoms with Gasteiger partial charge >= 0.3 is 5.97 Å². The monoisotopic (exact) mass is 238 g/mol. The van der Waals surface area contributed by atoms with E-state index in [0.29, 0.717) is 5.02 Å². The second-order valence-corrected chi connectivity index (χ2v) is 4.41. The van der Waals surface area contributed by atoms with Crippen LogP contribution in [0.25, 0.3) is 0 Å². The van der Waals surface area contributed by atoms with Gasteiger partial charge in [0.15, 0.2) is 0 Å². The van der Waals surface area contributed by atoms with Gasteiger partial charge in [0.05, 0.1) is 7.11 Å². The summed E-state index contributed by atoms with van der Waals surface area (Å²) in [6.45, 7) is 0. The lowest BCUT2D eigenvalue weighted by Gasteiger charge is -2.37. The number of carbonyl (C=O) groups excluding carboxylic acids is 2. The third-order valence-electron chi connectivity index (χ3n) is 2.97. The van der Waals surface area contributed by atoms with Crippen molar-refractivity contribution in [2.75, 3.05) is 7.11 Å². The molecule has 0 aromatic heterocycles. The molecule has 4 heteroatoms. The Morgan fingerprint density at radius 2 is 1.88 bits per heavy atom. The first-order valence-corrected chi connectivity index (χ1v) is 5.32. The van der Waals surface area contributed by atoms with Gasteiger partial charge < -0.3 is 4.74 Å². The van der Waals surface area contributed by atoms with Gasteiger partial charge in [0.2, 0.25) is 0 Å². The smallest absolute Gasteiger partial charge is 0.317 e. The molecular formula is C12H11ClO3. The van der Waals surface area contributed by atoms with E-state index in [-0.39, 0.29) is 24.6 Å². The van der Waals surface area contributed by atoms with Crippen LogP contribution in [0.1, 0.15) is 18.4 Å². The number of rotatable bonds is 2. The summed E-state index contributed by atoms with van der Waals surface area (Å²) in [4.78, 5) is 22.9. The van der Waals surface area contributed by atoms with Crippen LogP contribution in [0.3, 0.4) is 0 Å². The van der Waals surface area contributed by atoms with Crippen molar-refractivity contribution < 1.29 is 14.3 Å². The summed E-state index contributed by atoms with van der Waals surface area (Å²) in [7, 11) is 1.34. The Morgan fingerprint density at radius 1 is 1.31 bits per heavy atom. The molecule has 0 saturated heterocycles. The van der Waals surface area contributed by atoms with Crippen LogP contribution in [-0.4, -0.2) is 18.9 Å². The topological polar surface area (TPSA) is 43.4 Å². The molecule has 0 spiro atoms. The second kappa shape index (κ2) is 3.91. The summed E-state index contributed by atoms with van der Waals surface area (Å²) in [5.41, 5.74) is 0.0134. The van der Waals surface area contributed by atoms with E-state index >= 15 is 0 Å². The van der Waals surface area contributed by atoms with Gasteiger partial charge in [-0.2, -0.15) is 0 Å². The number of methoxy groups -OCH3 is 1. The average Bonchev–Trinajstić information content (AvgIpc) is 2.25. The lowest BCUT2D eigenvalue weighted by molar-refractivity contribution is -0.156. The van der Waals surface area contributed by atoms with E-state index < -0.39 is 5.41 Å². The number of halogens is 1. The second-order valence-electron chi connectivity index (χ2n) is 3.97. The SMILES string of the molecule is COC(=O)C1(c2ccc(Cl)cc2)CC(=O)C1. The molecule has 1 aliphatic carbocycles. The number of esters is 1. The summed E-state index contributed by atoms with van der Waals surface area (Å²) in [5.74, 6) is -0.269. The third-order valence-corrected chi connectivity index (χ3v) is 3.22. The molecule has 1 aromatic rings. The van der Waals surface area contributed by atoms with Crippen molar-refractivity contribution in [3.63, 3.8) is 0 Å². The summed E-state index contributed by atoms with van der Waals surface area (Å²) in [5, 5.41) is 0.606. The predicted octanol–water partition coefficient (Wildman–Crippen LogP) is 2.11. The number of carbonyl (C=O) groups is 2. The van der Waals surface area contributed by atoms with Crippen LogP contribution >= 0.6 is 11.6 Å². The van der Waals surface area contributed by atoms with Gasteiger partial charge in [0.25, 0.3) is 0 Å². The lowest BCUT2D eigenvalue weighted by atomic mass is 9.63. The van der Waals surface area contributed by atoms with Crippen molar-refractivity contribution in [3.05, 3.63) is 34.9 Å². The summed E-state index contributed by atoms with van der Waals surface area (Å²) < 4.78 is 4.77. The molecule has 1 saturated carbocycles. The molecule has 2 rings (SSSR count). The molecule has 0 N–H and O–H groups in total. The molecule has 0 amide bonds. The van der Waals surface area contributed by atoms with E-state index in [0.717, 1.165) is 5.56 Å². The standard InChI is InChI=1S/C12H11ClO3/c1-16-11(15)12(6-10(14)7-12)8-2-4-9(13)5-3-8/h2-5H,6-7H2,1H3. The van der Waals surface area contributed by atoms with E-state index in [1.165, 1.54) is 7.11 Å². The van der Waals surface area contributed by atoms with Gasteiger partial charge in [-0.05, 0) is 17.7 Å². The average molecular weight is 239 g/mol. The van der Waals surface area contributed by atoms with Crippen LogP contribution in [0.15, 0.2) is 24.3 Å². The highest BCUT2D eigenvalue weighted by Crippen LogP contribution is 2.42. The molecule has 0 unspecified atom stereocenters. The largest absolute Gasteiger partial charge is 0.468 e. The van der Waals surface area contributed by atoms with E-state index in [9.17, 15) is 9.59 Å². The molecule has 0 radical (unpaired) electrons. The third kappa shape index (κ3) is 1.61. The van der Waals surface area contributed by atoms with E-state index in [1.807, 2.05) is 0 Å². The number of ether oxygens (including phenoxy) is 1. The molecule has 16 heavy (non-hydrogen) atoms. The van der Waals surface area contributed by atoms with Crippen LogP contribution in [0.2, 0.25) is 5.02 Å². The molecular weight excluding hydrogens is 228 g/mol. The molecule has 3 nitrogen and oxygen atoms in total. The minimum Gasteiger partial charge on any atom is -0.468 e. The van der Waals surface area contributed by atoms with Crippen LogP contribution in [0.4, 0.5) is 0 Å². The van der Waals surface area contributed by atoms with Crippen molar-refractivity contribution in [2.24, 2.45) is 0 Å². The van der Waals surface area contributed by atoms with Crippen LogP contribution in [0.5, 0.6) is 0 Å². The molecule has 1 fully saturated rings. The maximum Gasteiger partial charge on any atom is 0.317 e.